The molecule has 0 radical (unpaired) electrons. The summed E-state index contributed by atoms with van der Waals surface area (Å²) < 4.78 is 1.59. The third-order valence-corrected chi connectivity index (χ3v) is 5.99. The molecule has 3 aromatic rings. The summed E-state index contributed by atoms with van der Waals surface area (Å²) in [5.41, 5.74) is 2.21. The molecule has 1 saturated carbocycles. The van der Waals surface area contributed by atoms with E-state index in [2.05, 4.69) is 29.6 Å². The first-order chi connectivity index (χ1) is 14.2. The van der Waals surface area contributed by atoms with Crippen molar-refractivity contribution in [1.82, 2.24) is 9.88 Å². The third kappa shape index (κ3) is 4.16. The van der Waals surface area contributed by atoms with Crippen molar-refractivity contribution in [1.29, 1.82) is 0 Å². The highest BCUT2D eigenvalue weighted by atomic mass is 16.2. The van der Waals surface area contributed by atoms with Crippen molar-refractivity contribution in [2.75, 3.05) is 6.54 Å². The summed E-state index contributed by atoms with van der Waals surface area (Å²) in [6.45, 7) is 1.01. The Hall–Kier alpha value is -3.14. The topological polar surface area (TPSA) is 51.1 Å². The number of nitrogens with zero attached hydrogens (tertiary/aromatic N) is 1. The lowest BCUT2D eigenvalue weighted by Gasteiger charge is -2.30. The summed E-state index contributed by atoms with van der Waals surface area (Å²) in [7, 11) is 0. The van der Waals surface area contributed by atoms with E-state index in [1.807, 2.05) is 36.4 Å². The molecule has 4 nitrogen and oxygen atoms in total. The van der Waals surface area contributed by atoms with Crippen LogP contribution in [0.5, 0.6) is 0 Å². The second-order valence-corrected chi connectivity index (χ2v) is 7.88. The van der Waals surface area contributed by atoms with Crippen LogP contribution < -0.4 is 10.9 Å². The van der Waals surface area contributed by atoms with Gasteiger partial charge in [-0.25, -0.2) is 0 Å². The van der Waals surface area contributed by atoms with Gasteiger partial charge in [0, 0.05) is 18.2 Å². The number of nitrogens with one attached hydrogen (secondary N) is 1. The van der Waals surface area contributed by atoms with Gasteiger partial charge in [0.1, 0.15) is 5.56 Å². The number of hydrogen-bond acceptors (Lipinski definition) is 2. The molecule has 2 aromatic carbocycles. The standard InChI is InChI=1S/C25H26N2O2/c28-23(26-19-25(15-7-8-16-25)21-12-5-2-6-13-21)22-14-9-17-27(24(22)29)18-20-10-3-1-4-11-20/h1-6,9-14,17H,7-8,15-16,18-19H2,(H,26,28). The predicted octanol–water partition coefficient (Wildman–Crippen LogP) is 4.14. The minimum Gasteiger partial charge on any atom is -0.351 e. The van der Waals surface area contributed by atoms with Crippen molar-refractivity contribution in [3.8, 4) is 0 Å². The molecule has 148 valence electrons. The van der Waals surface area contributed by atoms with Crippen molar-refractivity contribution >= 4 is 5.91 Å². The van der Waals surface area contributed by atoms with E-state index in [1.165, 1.54) is 18.4 Å². The zero-order valence-corrected chi connectivity index (χ0v) is 16.5. The van der Waals surface area contributed by atoms with E-state index in [0.29, 0.717) is 13.1 Å². The molecule has 1 amide bonds. The maximum atomic E-state index is 12.9. The minimum atomic E-state index is -0.292. The van der Waals surface area contributed by atoms with E-state index in [4.69, 9.17) is 0 Å². The lowest BCUT2D eigenvalue weighted by Crippen LogP contribution is -2.41. The maximum Gasteiger partial charge on any atom is 0.263 e. The number of rotatable bonds is 6. The molecule has 1 N–H and O–H groups in total. The van der Waals surface area contributed by atoms with E-state index >= 15 is 0 Å². The molecule has 4 rings (SSSR count). The van der Waals surface area contributed by atoms with Crippen LogP contribution in [-0.4, -0.2) is 17.0 Å². The number of amides is 1. The van der Waals surface area contributed by atoms with Gasteiger partial charge in [-0.05, 0) is 36.1 Å². The molecule has 0 saturated heterocycles. The molecule has 0 bridgehead atoms. The SMILES string of the molecule is O=C(NCC1(c2ccccc2)CCCC1)c1cccn(Cc2ccccc2)c1=O. The Morgan fingerprint density at radius 2 is 1.55 bits per heavy atom. The number of aromatic nitrogens is 1. The summed E-state index contributed by atoms with van der Waals surface area (Å²) in [4.78, 5) is 25.7. The van der Waals surface area contributed by atoms with Gasteiger partial charge in [-0.3, -0.25) is 9.59 Å². The van der Waals surface area contributed by atoms with Crippen LogP contribution in [0, 0.1) is 0 Å². The van der Waals surface area contributed by atoms with Crippen LogP contribution in [0.25, 0.3) is 0 Å². The van der Waals surface area contributed by atoms with E-state index in [-0.39, 0.29) is 22.4 Å². The zero-order chi connectivity index (χ0) is 20.1. The summed E-state index contributed by atoms with van der Waals surface area (Å²) in [5, 5.41) is 3.06. The van der Waals surface area contributed by atoms with Gasteiger partial charge in [-0.1, -0.05) is 73.5 Å². The highest BCUT2D eigenvalue weighted by Gasteiger charge is 2.35. The highest BCUT2D eigenvalue weighted by molar-refractivity contribution is 5.93. The summed E-state index contributed by atoms with van der Waals surface area (Å²) in [5.74, 6) is -0.292. The van der Waals surface area contributed by atoms with E-state index in [0.717, 1.165) is 18.4 Å². The van der Waals surface area contributed by atoms with Crippen molar-refractivity contribution in [3.05, 3.63) is 106 Å². The molecule has 0 atom stereocenters. The normalized spacial score (nSPS) is 15.2. The van der Waals surface area contributed by atoms with Gasteiger partial charge in [0.15, 0.2) is 0 Å². The van der Waals surface area contributed by atoms with Crippen molar-refractivity contribution in [3.63, 3.8) is 0 Å². The molecule has 1 heterocycles. The zero-order valence-electron chi connectivity index (χ0n) is 16.5. The number of carbonyl (C=O) groups is 1. The second-order valence-electron chi connectivity index (χ2n) is 7.88. The third-order valence-electron chi connectivity index (χ3n) is 5.99. The average molecular weight is 386 g/mol. The van der Waals surface area contributed by atoms with Gasteiger partial charge in [0.2, 0.25) is 0 Å². The number of benzene rings is 2. The Labute approximate surface area is 171 Å². The molecule has 1 aliphatic carbocycles. The molecule has 0 aliphatic heterocycles. The summed E-state index contributed by atoms with van der Waals surface area (Å²) in [6, 6.07) is 23.6. The van der Waals surface area contributed by atoms with E-state index in [9.17, 15) is 9.59 Å². The number of pyridine rings is 1. The lowest BCUT2D eigenvalue weighted by atomic mass is 9.79. The van der Waals surface area contributed by atoms with Gasteiger partial charge >= 0.3 is 0 Å². The van der Waals surface area contributed by atoms with Crippen LogP contribution >= 0.6 is 0 Å². The van der Waals surface area contributed by atoms with Crippen LogP contribution in [0.3, 0.4) is 0 Å². The molecule has 0 unspecified atom stereocenters. The van der Waals surface area contributed by atoms with Crippen LogP contribution in [0.4, 0.5) is 0 Å². The van der Waals surface area contributed by atoms with Gasteiger partial charge in [0.05, 0.1) is 6.54 Å². The van der Waals surface area contributed by atoms with Crippen LogP contribution in [-0.2, 0) is 12.0 Å². The molecule has 0 spiro atoms. The van der Waals surface area contributed by atoms with Crippen LogP contribution in [0.1, 0.15) is 47.2 Å². The van der Waals surface area contributed by atoms with Crippen LogP contribution in [0.2, 0.25) is 0 Å². The predicted molar refractivity (Wildman–Crippen MR) is 115 cm³/mol. The Morgan fingerprint density at radius 3 is 2.24 bits per heavy atom. The second kappa shape index (κ2) is 8.48. The van der Waals surface area contributed by atoms with Gasteiger partial charge < -0.3 is 9.88 Å². The van der Waals surface area contributed by atoms with Crippen LogP contribution in [0.15, 0.2) is 83.8 Å². The fraction of sp³-hybridized carbons (Fsp3) is 0.280. The van der Waals surface area contributed by atoms with Crippen molar-refractivity contribution < 1.29 is 4.79 Å². The number of hydrogen-bond donors (Lipinski definition) is 1. The quantitative estimate of drug-likeness (QED) is 0.692. The van der Waals surface area contributed by atoms with E-state index in [1.54, 1.807) is 22.9 Å². The first kappa shape index (κ1) is 19.2. The molecule has 1 fully saturated rings. The molecule has 29 heavy (non-hydrogen) atoms. The molecule has 4 heteroatoms. The Kier molecular flexibility index (Phi) is 5.61. The fourth-order valence-electron chi connectivity index (χ4n) is 4.37. The Morgan fingerprint density at radius 1 is 0.897 bits per heavy atom. The maximum absolute atomic E-state index is 12.9. The smallest absolute Gasteiger partial charge is 0.263 e. The Bertz CT molecular complexity index is 1020. The van der Waals surface area contributed by atoms with Gasteiger partial charge in [-0.15, -0.1) is 0 Å². The van der Waals surface area contributed by atoms with Gasteiger partial charge in [0.25, 0.3) is 11.5 Å². The first-order valence-electron chi connectivity index (χ1n) is 10.3. The average Bonchev–Trinajstić information content (AvgIpc) is 3.25. The van der Waals surface area contributed by atoms with Crippen molar-refractivity contribution in [2.45, 2.75) is 37.6 Å². The highest BCUT2D eigenvalue weighted by Crippen LogP contribution is 2.40. The summed E-state index contributed by atoms with van der Waals surface area (Å²) in [6.07, 6.45) is 6.18. The molecular weight excluding hydrogens is 360 g/mol. The largest absolute Gasteiger partial charge is 0.351 e. The fourth-order valence-corrected chi connectivity index (χ4v) is 4.37. The molecular formula is C25H26N2O2. The number of carbonyl (C=O) groups excluding carboxylic acids is 1. The lowest BCUT2D eigenvalue weighted by molar-refractivity contribution is 0.0941. The first-order valence-corrected chi connectivity index (χ1v) is 10.3. The monoisotopic (exact) mass is 386 g/mol. The van der Waals surface area contributed by atoms with Gasteiger partial charge in [-0.2, -0.15) is 0 Å². The van der Waals surface area contributed by atoms with Crippen molar-refractivity contribution in [2.24, 2.45) is 0 Å². The summed E-state index contributed by atoms with van der Waals surface area (Å²) >= 11 is 0. The molecule has 1 aliphatic rings. The van der Waals surface area contributed by atoms with E-state index < -0.39 is 0 Å². The Balaban J connectivity index is 1.51. The molecule has 1 aromatic heterocycles. The minimum absolute atomic E-state index is 0.0330.